The molecule has 0 radical (unpaired) electrons. The summed E-state index contributed by atoms with van der Waals surface area (Å²) in [6.07, 6.45) is 2.28. The van der Waals surface area contributed by atoms with E-state index in [1.54, 1.807) is 7.11 Å². The Bertz CT molecular complexity index is 456. The summed E-state index contributed by atoms with van der Waals surface area (Å²) in [5.74, 6) is 0. The van der Waals surface area contributed by atoms with Crippen molar-refractivity contribution >= 4 is 15.9 Å². The number of rotatable bonds is 5. The molecule has 6 heteroatoms. The topological polar surface area (TPSA) is 56.5 Å². The highest BCUT2D eigenvalue weighted by Gasteiger charge is 2.40. The van der Waals surface area contributed by atoms with Gasteiger partial charge in [-0.15, -0.1) is 0 Å². The maximum absolute atomic E-state index is 10.7. The van der Waals surface area contributed by atoms with Crippen LogP contribution >= 0.6 is 15.9 Å². The van der Waals surface area contributed by atoms with Crippen LogP contribution in [0.4, 0.5) is 0 Å². The van der Waals surface area contributed by atoms with Crippen molar-refractivity contribution in [2.24, 2.45) is 7.05 Å². The molecule has 2 rings (SSSR count). The molecule has 1 aromatic heterocycles. The fourth-order valence-electron chi connectivity index (χ4n) is 2.80. The number of halogens is 1. The normalized spacial score (nSPS) is 20.1. The molecule has 0 saturated carbocycles. The van der Waals surface area contributed by atoms with Gasteiger partial charge in [0.15, 0.2) is 0 Å². The second-order valence-electron chi connectivity index (χ2n) is 5.29. The van der Waals surface area contributed by atoms with Crippen LogP contribution in [0.5, 0.6) is 0 Å². The lowest BCUT2D eigenvalue weighted by atomic mass is 9.85. The first-order chi connectivity index (χ1) is 9.54. The highest BCUT2D eigenvalue weighted by atomic mass is 79.9. The van der Waals surface area contributed by atoms with Gasteiger partial charge in [0, 0.05) is 46.6 Å². The fourth-order valence-corrected chi connectivity index (χ4v) is 3.58. The molecule has 1 aromatic rings. The largest absolute Gasteiger partial charge is 0.390 e. The van der Waals surface area contributed by atoms with Gasteiger partial charge in [0.1, 0.15) is 0 Å². The maximum Gasteiger partial charge on any atom is 0.0983 e. The van der Waals surface area contributed by atoms with E-state index in [0.717, 1.165) is 35.1 Å². The predicted molar refractivity (Wildman–Crippen MR) is 79.8 cm³/mol. The third kappa shape index (κ3) is 2.93. The van der Waals surface area contributed by atoms with Gasteiger partial charge in [0.25, 0.3) is 0 Å². The fraction of sp³-hybridized carbons (Fsp3) is 0.786. The molecular formula is C14H23BrN2O3. The number of hydrogen-bond acceptors (Lipinski definition) is 4. The van der Waals surface area contributed by atoms with Crippen LogP contribution in [0.3, 0.4) is 0 Å². The summed E-state index contributed by atoms with van der Waals surface area (Å²) in [4.78, 5) is 0. The molecule has 20 heavy (non-hydrogen) atoms. The molecule has 0 aromatic carbocycles. The Kier molecular flexibility index (Phi) is 5.23. The van der Waals surface area contributed by atoms with Crippen LogP contribution in [0.2, 0.25) is 0 Å². The van der Waals surface area contributed by atoms with E-state index in [1.807, 2.05) is 11.7 Å². The number of nitrogens with zero attached hydrogens (tertiary/aromatic N) is 2. The Morgan fingerprint density at radius 1 is 1.50 bits per heavy atom. The predicted octanol–water partition coefficient (Wildman–Crippen LogP) is 1.84. The molecule has 1 aliphatic heterocycles. The maximum atomic E-state index is 10.7. The average molecular weight is 347 g/mol. The molecule has 1 saturated heterocycles. The summed E-state index contributed by atoms with van der Waals surface area (Å²) in [6, 6.07) is 0. The van der Waals surface area contributed by atoms with E-state index >= 15 is 0 Å². The molecule has 1 atom stereocenters. The molecule has 1 aliphatic rings. The molecule has 1 N–H and O–H groups in total. The van der Waals surface area contributed by atoms with E-state index in [0.29, 0.717) is 19.6 Å². The van der Waals surface area contributed by atoms with E-state index < -0.39 is 11.7 Å². The van der Waals surface area contributed by atoms with Crippen molar-refractivity contribution in [3.05, 3.63) is 15.9 Å². The Hall–Kier alpha value is -0.430. The third-order valence-electron chi connectivity index (χ3n) is 4.24. The first-order valence-corrected chi connectivity index (χ1v) is 7.84. The van der Waals surface area contributed by atoms with Crippen LogP contribution in [0.25, 0.3) is 0 Å². The van der Waals surface area contributed by atoms with E-state index in [2.05, 4.69) is 28.0 Å². The summed E-state index contributed by atoms with van der Waals surface area (Å²) < 4.78 is 13.9. The number of aromatic nitrogens is 2. The molecule has 0 aliphatic carbocycles. The minimum absolute atomic E-state index is 0.506. The van der Waals surface area contributed by atoms with Gasteiger partial charge >= 0.3 is 0 Å². The van der Waals surface area contributed by atoms with Gasteiger partial charge in [-0.3, -0.25) is 4.68 Å². The summed E-state index contributed by atoms with van der Waals surface area (Å²) in [6.45, 7) is 3.34. The van der Waals surface area contributed by atoms with Crippen molar-refractivity contribution in [1.29, 1.82) is 0 Å². The van der Waals surface area contributed by atoms with Gasteiger partial charge in [0.2, 0.25) is 0 Å². The second-order valence-corrected chi connectivity index (χ2v) is 6.08. The number of hydrogen-bond donors (Lipinski definition) is 1. The Balaban J connectivity index is 2.18. The molecule has 1 unspecified atom stereocenters. The second kappa shape index (κ2) is 6.56. The lowest BCUT2D eigenvalue weighted by molar-refractivity contribution is -0.152. The third-order valence-corrected chi connectivity index (χ3v) is 5.16. The van der Waals surface area contributed by atoms with Crippen LogP contribution in [-0.4, -0.2) is 46.9 Å². The molecule has 0 amide bonds. The van der Waals surface area contributed by atoms with Gasteiger partial charge in [-0.25, -0.2) is 0 Å². The number of aliphatic hydroxyl groups excluding tert-OH is 1. The first kappa shape index (κ1) is 15.9. The number of aryl methyl sites for hydroxylation is 2. The van der Waals surface area contributed by atoms with Crippen LogP contribution < -0.4 is 0 Å². The number of ether oxygens (including phenoxy) is 2. The zero-order valence-corrected chi connectivity index (χ0v) is 13.9. The molecule has 5 nitrogen and oxygen atoms in total. The quantitative estimate of drug-likeness (QED) is 0.883. The summed E-state index contributed by atoms with van der Waals surface area (Å²) in [5.41, 5.74) is 1.53. The monoisotopic (exact) mass is 346 g/mol. The highest BCUT2D eigenvalue weighted by molar-refractivity contribution is 9.10. The first-order valence-electron chi connectivity index (χ1n) is 7.05. The highest BCUT2D eigenvalue weighted by Crippen LogP contribution is 2.32. The SMILES string of the molecule is CCc1nn(C)c(CC(O)C2(OC)CCOCC2)c1Br. The molecule has 1 fully saturated rings. The molecule has 2 heterocycles. The van der Waals surface area contributed by atoms with Gasteiger partial charge < -0.3 is 14.6 Å². The van der Waals surface area contributed by atoms with Crippen molar-refractivity contribution in [2.45, 2.75) is 44.3 Å². The Morgan fingerprint density at radius 2 is 2.15 bits per heavy atom. The number of aliphatic hydroxyl groups is 1. The van der Waals surface area contributed by atoms with Gasteiger partial charge in [-0.05, 0) is 22.4 Å². The smallest absolute Gasteiger partial charge is 0.0983 e. The molecular weight excluding hydrogens is 324 g/mol. The lowest BCUT2D eigenvalue weighted by Crippen LogP contribution is -2.49. The van der Waals surface area contributed by atoms with Gasteiger partial charge in [-0.1, -0.05) is 6.92 Å². The minimum atomic E-state index is -0.562. The van der Waals surface area contributed by atoms with Crippen molar-refractivity contribution in [2.75, 3.05) is 20.3 Å². The summed E-state index contributed by atoms with van der Waals surface area (Å²) in [7, 11) is 3.58. The average Bonchev–Trinajstić information content (AvgIpc) is 2.75. The lowest BCUT2D eigenvalue weighted by Gasteiger charge is -2.39. The molecule has 114 valence electrons. The van der Waals surface area contributed by atoms with E-state index in [1.165, 1.54) is 0 Å². The van der Waals surface area contributed by atoms with Crippen LogP contribution in [0.1, 0.15) is 31.2 Å². The van der Waals surface area contributed by atoms with Crippen molar-refractivity contribution in [3.8, 4) is 0 Å². The van der Waals surface area contributed by atoms with Crippen molar-refractivity contribution in [1.82, 2.24) is 9.78 Å². The minimum Gasteiger partial charge on any atom is -0.390 e. The van der Waals surface area contributed by atoms with Gasteiger partial charge in [0.05, 0.1) is 27.6 Å². The van der Waals surface area contributed by atoms with E-state index in [-0.39, 0.29) is 0 Å². The molecule has 0 bridgehead atoms. The van der Waals surface area contributed by atoms with Crippen LogP contribution in [0.15, 0.2) is 4.47 Å². The van der Waals surface area contributed by atoms with E-state index in [4.69, 9.17) is 9.47 Å². The number of methoxy groups -OCH3 is 1. The van der Waals surface area contributed by atoms with E-state index in [9.17, 15) is 5.11 Å². The van der Waals surface area contributed by atoms with Crippen molar-refractivity contribution in [3.63, 3.8) is 0 Å². The summed E-state index contributed by atoms with van der Waals surface area (Å²) in [5, 5.41) is 15.1. The molecule has 0 spiro atoms. The standard InChI is InChI=1S/C14H23BrN2O3/c1-4-10-13(15)11(17(2)16-10)9-12(18)14(19-3)5-7-20-8-6-14/h12,18H,4-9H2,1-3H3. The zero-order valence-electron chi connectivity index (χ0n) is 12.4. The van der Waals surface area contributed by atoms with Crippen molar-refractivity contribution < 1.29 is 14.6 Å². The van der Waals surface area contributed by atoms with Crippen LogP contribution in [0, 0.1) is 0 Å². The zero-order chi connectivity index (χ0) is 14.8. The summed E-state index contributed by atoms with van der Waals surface area (Å²) >= 11 is 3.59. The Labute approximate surface area is 128 Å². The van der Waals surface area contributed by atoms with Gasteiger partial charge in [-0.2, -0.15) is 5.10 Å². The van der Waals surface area contributed by atoms with Crippen LogP contribution in [-0.2, 0) is 29.4 Å². The Morgan fingerprint density at radius 3 is 2.65 bits per heavy atom.